The van der Waals surface area contributed by atoms with Gasteiger partial charge in [0.2, 0.25) is 8.41 Å². The number of rotatable bonds is 3. The fourth-order valence-electron chi connectivity index (χ4n) is 4.22. The Bertz CT molecular complexity index is 603. The molecule has 3 rings (SSSR count). The van der Waals surface area contributed by atoms with Crippen LogP contribution in [0, 0.1) is 5.92 Å². The Morgan fingerprint density at radius 3 is 2.73 bits per heavy atom. The normalized spacial score (nSPS) is 34.0. The summed E-state index contributed by atoms with van der Waals surface area (Å²) in [5.74, 6) is -0.482. The Labute approximate surface area is 130 Å². The number of aliphatic hydroxyl groups is 1. The van der Waals surface area contributed by atoms with Crippen LogP contribution < -0.4 is 5.32 Å². The second-order valence-corrected chi connectivity index (χ2v) is 10.6. The molecule has 1 spiro atoms. The number of carbonyl (C=O) groups excluding carboxylic acids is 1. The van der Waals surface area contributed by atoms with Crippen LogP contribution in [0.2, 0.25) is 18.6 Å². The molecule has 0 bridgehead atoms. The van der Waals surface area contributed by atoms with Crippen LogP contribution in [0.15, 0.2) is 24.3 Å². The Morgan fingerprint density at radius 2 is 2.09 bits per heavy atom. The van der Waals surface area contributed by atoms with E-state index >= 15 is 0 Å². The first-order chi connectivity index (χ1) is 10.3. The molecule has 2 aliphatic rings. The predicted octanol–water partition coefficient (Wildman–Crippen LogP) is 2.80. The molecule has 1 aromatic rings. The van der Waals surface area contributed by atoms with E-state index in [0.717, 1.165) is 11.3 Å². The number of hydrogen-bond acceptors (Lipinski definition) is 3. The second-order valence-electron chi connectivity index (χ2n) is 6.78. The molecule has 4 nitrogen and oxygen atoms in total. The van der Waals surface area contributed by atoms with Crippen LogP contribution in [0.25, 0.3) is 0 Å². The molecule has 0 radical (unpaired) electrons. The van der Waals surface area contributed by atoms with Gasteiger partial charge < -0.3 is 19.3 Å². The minimum atomic E-state index is -3.05. The minimum Gasteiger partial charge on any atom is -0.396 e. The first-order valence-electron chi connectivity index (χ1n) is 7.71. The summed E-state index contributed by atoms with van der Waals surface area (Å²) in [6, 6.07) is 7.43. The topological polar surface area (TPSA) is 58.6 Å². The first kappa shape index (κ1) is 15.6. The molecule has 1 fully saturated rings. The van der Waals surface area contributed by atoms with Crippen LogP contribution in [0.3, 0.4) is 0 Å². The Morgan fingerprint density at radius 1 is 1.41 bits per heavy atom. The summed E-state index contributed by atoms with van der Waals surface area (Å²) in [7, 11) is -3.05. The quantitative estimate of drug-likeness (QED) is 0.664. The maximum Gasteiger partial charge on any atom is 0.261 e. The summed E-state index contributed by atoms with van der Waals surface area (Å²) in [6.45, 7) is 5.13. The number of halogens is 1. The number of carbonyl (C=O) groups is 1. The number of amides is 1. The lowest BCUT2D eigenvalue weighted by molar-refractivity contribution is -0.143. The van der Waals surface area contributed by atoms with E-state index in [4.69, 9.17) is 4.74 Å². The van der Waals surface area contributed by atoms with Gasteiger partial charge >= 0.3 is 0 Å². The molecule has 1 aromatic carbocycles. The summed E-state index contributed by atoms with van der Waals surface area (Å²) < 4.78 is 21.1. The predicted molar refractivity (Wildman–Crippen MR) is 84.8 cm³/mol. The van der Waals surface area contributed by atoms with Crippen molar-refractivity contribution in [1.29, 1.82) is 0 Å². The van der Waals surface area contributed by atoms with E-state index in [-0.39, 0.29) is 24.0 Å². The SMILES string of the molecule is C[C@H]1[C@H]([Si](C)(C)F)[C@@H](CCO)O[C@]12C(=O)Nc1ccccc12. The van der Waals surface area contributed by atoms with Crippen molar-refractivity contribution in [3.8, 4) is 0 Å². The molecule has 2 N–H and O–H groups in total. The van der Waals surface area contributed by atoms with Gasteiger partial charge in [-0.25, -0.2) is 0 Å². The van der Waals surface area contributed by atoms with Crippen LogP contribution in [0.1, 0.15) is 18.9 Å². The number of aliphatic hydroxyl groups excluding tert-OH is 1. The standard InChI is InChI=1S/C16H22FNO3Si/c1-10-14(22(2,3)17)13(8-9-19)21-16(10)11-6-4-5-7-12(11)18-15(16)20/h4-7,10,13-14,19H,8-9H2,1-3H3,(H,18,20)/t10-,13+,14-,16+/m0/s1. The van der Waals surface area contributed by atoms with Gasteiger partial charge in [0.1, 0.15) is 0 Å². The number of hydrogen-bond donors (Lipinski definition) is 2. The molecule has 2 heterocycles. The fraction of sp³-hybridized carbons (Fsp3) is 0.562. The molecule has 120 valence electrons. The smallest absolute Gasteiger partial charge is 0.261 e. The molecular formula is C16H22FNO3Si. The van der Waals surface area contributed by atoms with E-state index in [2.05, 4.69) is 5.32 Å². The van der Waals surface area contributed by atoms with Crippen molar-refractivity contribution < 1.29 is 18.7 Å². The molecule has 4 atom stereocenters. The van der Waals surface area contributed by atoms with E-state index in [1.54, 1.807) is 13.1 Å². The van der Waals surface area contributed by atoms with Gasteiger partial charge in [0.15, 0.2) is 5.60 Å². The average Bonchev–Trinajstić information content (AvgIpc) is 2.88. The van der Waals surface area contributed by atoms with Gasteiger partial charge in [-0.05, 0) is 25.6 Å². The summed E-state index contributed by atoms with van der Waals surface area (Å²) in [4.78, 5) is 12.7. The highest BCUT2D eigenvalue weighted by molar-refractivity contribution is 6.72. The Hall–Kier alpha value is -1.24. The molecule has 1 saturated heterocycles. The van der Waals surface area contributed by atoms with E-state index in [9.17, 15) is 14.0 Å². The summed E-state index contributed by atoms with van der Waals surface area (Å²) in [6.07, 6.45) is -0.0735. The van der Waals surface area contributed by atoms with Crippen LogP contribution in [0.5, 0.6) is 0 Å². The largest absolute Gasteiger partial charge is 0.396 e. The van der Waals surface area contributed by atoms with Crippen LogP contribution >= 0.6 is 0 Å². The molecular weight excluding hydrogens is 301 g/mol. The number of anilines is 1. The Kier molecular flexibility index (Phi) is 3.66. The maximum atomic E-state index is 14.9. The van der Waals surface area contributed by atoms with Crippen molar-refractivity contribution in [3.05, 3.63) is 29.8 Å². The lowest BCUT2D eigenvalue weighted by Gasteiger charge is -2.30. The molecule has 22 heavy (non-hydrogen) atoms. The third kappa shape index (κ3) is 2.05. The molecule has 0 aliphatic carbocycles. The molecule has 0 unspecified atom stereocenters. The average molecular weight is 323 g/mol. The summed E-state index contributed by atoms with van der Waals surface area (Å²) in [5, 5.41) is 12.2. The van der Waals surface area contributed by atoms with Crippen molar-refractivity contribution in [1.82, 2.24) is 0 Å². The minimum absolute atomic E-state index is 0.0717. The second kappa shape index (κ2) is 5.14. The van der Waals surface area contributed by atoms with Gasteiger partial charge in [0.05, 0.1) is 6.10 Å². The maximum absolute atomic E-state index is 14.9. The van der Waals surface area contributed by atoms with Crippen molar-refractivity contribution in [2.45, 2.75) is 43.7 Å². The van der Waals surface area contributed by atoms with Crippen molar-refractivity contribution in [2.24, 2.45) is 5.92 Å². The van der Waals surface area contributed by atoms with E-state index in [0.29, 0.717) is 6.42 Å². The van der Waals surface area contributed by atoms with Gasteiger partial charge in [0.25, 0.3) is 5.91 Å². The zero-order valence-electron chi connectivity index (χ0n) is 13.1. The summed E-state index contributed by atoms with van der Waals surface area (Å²) in [5.41, 5.74) is 0.0751. The molecule has 1 amide bonds. The van der Waals surface area contributed by atoms with E-state index < -0.39 is 20.1 Å². The highest BCUT2D eigenvalue weighted by atomic mass is 28.4. The summed E-state index contributed by atoms with van der Waals surface area (Å²) >= 11 is 0. The van der Waals surface area contributed by atoms with Crippen molar-refractivity contribution in [2.75, 3.05) is 11.9 Å². The third-order valence-electron chi connectivity index (χ3n) is 5.04. The van der Waals surface area contributed by atoms with Crippen molar-refractivity contribution in [3.63, 3.8) is 0 Å². The van der Waals surface area contributed by atoms with Gasteiger partial charge in [-0.3, -0.25) is 4.79 Å². The fourth-order valence-corrected chi connectivity index (χ4v) is 6.76. The zero-order valence-corrected chi connectivity index (χ0v) is 14.1. The highest BCUT2D eigenvalue weighted by Crippen LogP contribution is 2.58. The van der Waals surface area contributed by atoms with E-state index in [1.165, 1.54) is 0 Å². The molecule has 0 saturated carbocycles. The molecule has 0 aromatic heterocycles. The number of fused-ring (bicyclic) bond motifs is 2. The molecule has 6 heteroatoms. The van der Waals surface area contributed by atoms with Crippen LogP contribution in [-0.4, -0.2) is 32.1 Å². The first-order valence-corrected chi connectivity index (χ1v) is 10.7. The van der Waals surface area contributed by atoms with E-state index in [1.807, 2.05) is 31.2 Å². The third-order valence-corrected chi connectivity index (χ3v) is 7.49. The van der Waals surface area contributed by atoms with Gasteiger partial charge in [-0.2, -0.15) is 0 Å². The zero-order chi connectivity index (χ0) is 16.1. The number of benzene rings is 1. The molecule has 2 aliphatic heterocycles. The lowest BCUT2D eigenvalue weighted by Crippen LogP contribution is -2.41. The van der Waals surface area contributed by atoms with Gasteiger partial charge in [-0.15, -0.1) is 0 Å². The van der Waals surface area contributed by atoms with Gasteiger partial charge in [-0.1, -0.05) is 25.1 Å². The Balaban J connectivity index is 2.10. The number of para-hydroxylation sites is 1. The number of nitrogens with one attached hydrogen (secondary N) is 1. The van der Waals surface area contributed by atoms with Crippen LogP contribution in [0.4, 0.5) is 9.80 Å². The van der Waals surface area contributed by atoms with Crippen LogP contribution in [-0.2, 0) is 15.1 Å². The lowest BCUT2D eigenvalue weighted by atomic mass is 9.82. The van der Waals surface area contributed by atoms with Gasteiger partial charge in [0, 0.05) is 29.3 Å². The highest BCUT2D eigenvalue weighted by Gasteiger charge is 2.64. The number of ether oxygens (including phenoxy) is 1. The van der Waals surface area contributed by atoms with Crippen molar-refractivity contribution >= 4 is 20.0 Å². The monoisotopic (exact) mass is 323 g/mol.